The average molecular weight is 307 g/mol. The summed E-state index contributed by atoms with van der Waals surface area (Å²) in [4.78, 5) is 0. The van der Waals surface area contributed by atoms with Crippen molar-refractivity contribution in [2.75, 3.05) is 0 Å². The molecule has 1 heterocycles. The van der Waals surface area contributed by atoms with Gasteiger partial charge in [-0.15, -0.1) is 0 Å². The monoisotopic (exact) mass is 307 g/mol. The summed E-state index contributed by atoms with van der Waals surface area (Å²) < 4.78 is 2.37. The summed E-state index contributed by atoms with van der Waals surface area (Å²) in [6.07, 6.45) is 0. The van der Waals surface area contributed by atoms with Crippen molar-refractivity contribution in [1.82, 2.24) is 4.57 Å². The Balaban J connectivity index is 2.27. The average Bonchev–Trinajstić information content (AvgIpc) is 2.87. The molecule has 112 valence electrons. The van der Waals surface area contributed by atoms with Crippen LogP contribution in [0.15, 0.2) is 60.7 Å². The van der Waals surface area contributed by atoms with Crippen molar-refractivity contribution >= 4 is 8.19 Å². The zero-order valence-corrected chi connectivity index (χ0v) is 14.6. The molecule has 0 spiro atoms. The second-order valence-corrected chi connectivity index (χ2v) is 7.77. The Morgan fingerprint density at radius 1 is 0.773 bits per heavy atom. The number of hydrogen-bond acceptors (Lipinski definition) is 0. The van der Waals surface area contributed by atoms with Crippen molar-refractivity contribution in [1.29, 1.82) is 0 Å². The number of nitrogens with zero attached hydrogens (tertiary/aromatic N) is 1. The minimum absolute atomic E-state index is 0.150. The van der Waals surface area contributed by atoms with Crippen molar-refractivity contribution in [3.8, 4) is 22.2 Å². The van der Waals surface area contributed by atoms with E-state index in [1.54, 1.807) is 0 Å². The Bertz CT molecular complexity index is 765. The summed E-state index contributed by atoms with van der Waals surface area (Å²) in [5, 5.41) is 1.49. The largest absolute Gasteiger partial charge is 0.339 e. The van der Waals surface area contributed by atoms with E-state index in [9.17, 15) is 0 Å². The van der Waals surface area contributed by atoms with Gasteiger partial charge in [-0.05, 0) is 19.2 Å². The van der Waals surface area contributed by atoms with Gasteiger partial charge in [0.2, 0.25) is 0 Å². The van der Waals surface area contributed by atoms with Crippen LogP contribution in [0.2, 0.25) is 0 Å². The summed E-state index contributed by atoms with van der Waals surface area (Å²) in [5.41, 5.74) is 5.48. The molecule has 2 heteroatoms. The zero-order chi connectivity index (χ0) is 15.7. The maximum Gasteiger partial charge on any atom is 0.0761 e. The molecule has 1 aromatic heterocycles. The molecule has 0 unspecified atom stereocenters. The smallest absolute Gasteiger partial charge is 0.0761 e. The van der Waals surface area contributed by atoms with Crippen LogP contribution < -0.4 is 0 Å². The third-order valence-corrected chi connectivity index (χ3v) is 5.76. The van der Waals surface area contributed by atoms with Crippen molar-refractivity contribution in [2.24, 2.45) is 7.05 Å². The number of benzene rings is 2. The molecule has 0 aliphatic heterocycles. The second-order valence-electron chi connectivity index (χ2n) is 6.67. The Hall–Kier alpha value is -1.85. The van der Waals surface area contributed by atoms with E-state index in [0.717, 1.165) is 0 Å². The Morgan fingerprint density at radius 3 is 1.77 bits per heavy atom. The molecule has 1 nitrogen and oxygen atoms in total. The Labute approximate surface area is 134 Å². The molecule has 0 aliphatic rings. The van der Waals surface area contributed by atoms with Gasteiger partial charge in [0.25, 0.3) is 0 Å². The van der Waals surface area contributed by atoms with Crippen molar-refractivity contribution in [3.05, 3.63) is 66.0 Å². The SMILES string of the molecule is Cn1c(-c2ccccc2)pc(C(C)(C)C)c1-c1ccccc1. The van der Waals surface area contributed by atoms with E-state index in [1.807, 2.05) is 0 Å². The standard InChI is InChI=1S/C20H22NP/c1-20(2,3)18-17(15-11-7-5-8-12-15)21(4)19(22-18)16-13-9-6-10-14-16/h5-14H,1-4H3. The fourth-order valence-corrected chi connectivity index (χ4v) is 4.25. The Kier molecular flexibility index (Phi) is 3.93. The first-order valence-electron chi connectivity index (χ1n) is 7.66. The molecule has 0 bridgehead atoms. The quantitative estimate of drug-likeness (QED) is 0.528. The lowest BCUT2D eigenvalue weighted by Gasteiger charge is -2.19. The molecule has 0 aliphatic carbocycles. The lowest BCUT2D eigenvalue weighted by Crippen LogP contribution is -2.11. The van der Waals surface area contributed by atoms with E-state index in [0.29, 0.717) is 0 Å². The first kappa shape index (κ1) is 15.1. The molecule has 0 atom stereocenters. The summed E-state index contributed by atoms with van der Waals surface area (Å²) in [6, 6.07) is 21.4. The number of hydrogen-bond donors (Lipinski definition) is 0. The van der Waals surface area contributed by atoms with Crippen LogP contribution in [0, 0.1) is 0 Å². The van der Waals surface area contributed by atoms with Gasteiger partial charge in [0.05, 0.1) is 11.1 Å². The highest BCUT2D eigenvalue weighted by molar-refractivity contribution is 7.35. The predicted octanol–water partition coefficient (Wildman–Crippen LogP) is 6.24. The number of rotatable bonds is 2. The Morgan fingerprint density at radius 2 is 1.27 bits per heavy atom. The lowest BCUT2D eigenvalue weighted by atomic mass is 9.91. The predicted molar refractivity (Wildman–Crippen MR) is 97.5 cm³/mol. The molecule has 0 N–H and O–H groups in total. The van der Waals surface area contributed by atoms with Crippen molar-refractivity contribution in [2.45, 2.75) is 26.2 Å². The first-order valence-corrected chi connectivity index (χ1v) is 8.56. The third-order valence-electron chi connectivity index (χ3n) is 3.88. The summed E-state index contributed by atoms with van der Waals surface area (Å²) in [5.74, 6) is 0. The molecule has 0 saturated heterocycles. The fourth-order valence-electron chi connectivity index (χ4n) is 2.79. The second kappa shape index (κ2) is 5.74. The molecule has 2 aromatic carbocycles. The van der Waals surface area contributed by atoms with E-state index in [2.05, 4.69) is 93.0 Å². The maximum atomic E-state index is 2.37. The summed E-state index contributed by atoms with van der Waals surface area (Å²) in [7, 11) is 3.51. The van der Waals surface area contributed by atoms with Crippen molar-refractivity contribution in [3.63, 3.8) is 0 Å². The van der Waals surface area contributed by atoms with Crippen LogP contribution in [0.3, 0.4) is 0 Å². The highest BCUT2D eigenvalue weighted by Gasteiger charge is 2.25. The zero-order valence-electron chi connectivity index (χ0n) is 13.7. The summed E-state index contributed by atoms with van der Waals surface area (Å²) in [6.45, 7) is 6.92. The minimum Gasteiger partial charge on any atom is -0.339 e. The first-order chi connectivity index (χ1) is 10.5. The van der Waals surface area contributed by atoms with Crippen molar-refractivity contribution < 1.29 is 0 Å². The fraction of sp³-hybridized carbons (Fsp3) is 0.250. The number of aromatic nitrogens is 1. The van der Waals surface area contributed by atoms with Crippen LogP contribution in [0.5, 0.6) is 0 Å². The van der Waals surface area contributed by atoms with Gasteiger partial charge in [0.15, 0.2) is 0 Å². The van der Waals surface area contributed by atoms with Gasteiger partial charge < -0.3 is 4.57 Å². The van der Waals surface area contributed by atoms with Gasteiger partial charge in [-0.2, -0.15) is 0 Å². The van der Waals surface area contributed by atoms with Gasteiger partial charge in [-0.3, -0.25) is 0 Å². The minimum atomic E-state index is 0.150. The van der Waals surface area contributed by atoms with Crippen LogP contribution in [-0.2, 0) is 12.5 Å². The van der Waals surface area contributed by atoms with Crippen LogP contribution >= 0.6 is 8.19 Å². The van der Waals surface area contributed by atoms with Crippen LogP contribution in [0.1, 0.15) is 26.1 Å². The van der Waals surface area contributed by atoms with Crippen LogP contribution in [0.4, 0.5) is 0 Å². The van der Waals surface area contributed by atoms with Gasteiger partial charge in [0, 0.05) is 17.9 Å². The van der Waals surface area contributed by atoms with Gasteiger partial charge in [-0.1, -0.05) is 81.4 Å². The normalized spacial score (nSPS) is 12.0. The third kappa shape index (κ3) is 2.74. The highest BCUT2D eigenvalue weighted by Crippen LogP contribution is 2.45. The molecule has 0 amide bonds. The maximum absolute atomic E-state index is 2.37. The highest BCUT2D eigenvalue weighted by atomic mass is 31.0. The van der Waals surface area contributed by atoms with Gasteiger partial charge in [0.1, 0.15) is 0 Å². The molecule has 0 saturated carbocycles. The molecule has 0 radical (unpaired) electrons. The van der Waals surface area contributed by atoms with E-state index < -0.39 is 0 Å². The molecule has 3 rings (SSSR count). The van der Waals surface area contributed by atoms with E-state index >= 15 is 0 Å². The molecule has 22 heavy (non-hydrogen) atoms. The molecular formula is C20H22NP. The van der Waals surface area contributed by atoms with Crippen LogP contribution in [0.25, 0.3) is 22.2 Å². The van der Waals surface area contributed by atoms with E-state index in [-0.39, 0.29) is 5.41 Å². The summed E-state index contributed by atoms with van der Waals surface area (Å²) >= 11 is 0. The van der Waals surface area contributed by atoms with Gasteiger partial charge >= 0.3 is 0 Å². The topological polar surface area (TPSA) is 4.93 Å². The molecule has 3 aromatic rings. The molecule has 0 fully saturated rings. The van der Waals surface area contributed by atoms with E-state index in [4.69, 9.17) is 0 Å². The van der Waals surface area contributed by atoms with Crippen LogP contribution in [-0.4, -0.2) is 4.57 Å². The molecular weight excluding hydrogens is 285 g/mol. The van der Waals surface area contributed by atoms with E-state index in [1.165, 1.54) is 35.7 Å². The van der Waals surface area contributed by atoms with Gasteiger partial charge in [-0.25, -0.2) is 0 Å². The lowest BCUT2D eigenvalue weighted by molar-refractivity contribution is 0.602.